The largest absolute Gasteiger partial charge is 0.330 e. The fraction of sp³-hybridized carbons (Fsp3) is 0.167. The molecule has 5 nitrogen and oxygen atoms in total. The zero-order valence-corrected chi connectivity index (χ0v) is 5.57. The Kier molecular flexibility index (Phi) is 1.06. The van der Waals surface area contributed by atoms with Crippen LogP contribution in [0.15, 0.2) is 20.6 Å². The third-order valence-electron chi connectivity index (χ3n) is 1.50. The van der Waals surface area contributed by atoms with E-state index >= 15 is 0 Å². The molecule has 0 radical (unpaired) electrons. The Morgan fingerprint density at radius 1 is 1.55 bits per heavy atom. The van der Waals surface area contributed by atoms with Crippen LogP contribution in [0.1, 0.15) is 0 Å². The van der Waals surface area contributed by atoms with E-state index < -0.39 is 11.2 Å². The van der Waals surface area contributed by atoms with Gasteiger partial charge in [-0.2, -0.15) is 0 Å². The molecule has 1 aromatic heterocycles. The number of nitrogens with zero attached hydrogens (tertiary/aromatic N) is 2. The SMILES string of the molecule is O=c1cc2n(c(=O)[nH]1)CC=N2. The van der Waals surface area contributed by atoms with E-state index in [2.05, 4.69) is 9.98 Å². The maximum atomic E-state index is 11.0. The van der Waals surface area contributed by atoms with Gasteiger partial charge >= 0.3 is 5.69 Å². The van der Waals surface area contributed by atoms with Crippen LogP contribution in [-0.2, 0) is 6.54 Å². The summed E-state index contributed by atoms with van der Waals surface area (Å²) in [5.41, 5.74) is -0.801. The Morgan fingerprint density at radius 2 is 2.36 bits per heavy atom. The molecule has 2 rings (SSSR count). The number of hydrogen-bond acceptors (Lipinski definition) is 3. The molecule has 11 heavy (non-hydrogen) atoms. The van der Waals surface area contributed by atoms with Crippen LogP contribution in [0, 0.1) is 0 Å². The Morgan fingerprint density at radius 3 is 3.18 bits per heavy atom. The summed E-state index contributed by atoms with van der Waals surface area (Å²) in [7, 11) is 0. The second-order valence-corrected chi connectivity index (χ2v) is 2.22. The molecule has 1 aromatic rings. The molecule has 56 valence electrons. The van der Waals surface area contributed by atoms with Crippen molar-refractivity contribution in [2.24, 2.45) is 4.99 Å². The summed E-state index contributed by atoms with van der Waals surface area (Å²) in [5, 5.41) is 0. The Bertz CT molecular complexity index is 426. The van der Waals surface area contributed by atoms with Gasteiger partial charge in [0.25, 0.3) is 5.56 Å². The van der Waals surface area contributed by atoms with Gasteiger partial charge in [-0.05, 0) is 0 Å². The van der Waals surface area contributed by atoms with Gasteiger partial charge in [0, 0.05) is 12.3 Å². The zero-order valence-electron chi connectivity index (χ0n) is 5.57. The van der Waals surface area contributed by atoms with Gasteiger partial charge in [0.15, 0.2) is 0 Å². The van der Waals surface area contributed by atoms with Crippen LogP contribution in [0.2, 0.25) is 0 Å². The lowest BCUT2D eigenvalue weighted by atomic mass is 10.6. The van der Waals surface area contributed by atoms with Crippen molar-refractivity contribution in [3.05, 3.63) is 26.9 Å². The number of nitrogens with one attached hydrogen (secondary N) is 1. The third-order valence-corrected chi connectivity index (χ3v) is 1.50. The first-order chi connectivity index (χ1) is 5.27. The Balaban J connectivity index is 2.87. The van der Waals surface area contributed by atoms with Gasteiger partial charge in [0.05, 0.1) is 6.54 Å². The van der Waals surface area contributed by atoms with Gasteiger partial charge < -0.3 is 0 Å². The molecule has 0 bridgehead atoms. The molecule has 5 heteroatoms. The summed E-state index contributed by atoms with van der Waals surface area (Å²) in [5.74, 6) is 0.429. The average Bonchev–Trinajstić information content (AvgIpc) is 2.34. The molecule has 0 aliphatic carbocycles. The second kappa shape index (κ2) is 1.91. The summed E-state index contributed by atoms with van der Waals surface area (Å²) in [6, 6.07) is 1.30. The van der Waals surface area contributed by atoms with E-state index in [1.165, 1.54) is 10.6 Å². The van der Waals surface area contributed by atoms with Crippen molar-refractivity contribution in [3.63, 3.8) is 0 Å². The number of H-pyrrole nitrogens is 1. The van der Waals surface area contributed by atoms with Gasteiger partial charge in [-0.1, -0.05) is 0 Å². The summed E-state index contributed by atoms with van der Waals surface area (Å²) >= 11 is 0. The highest BCUT2D eigenvalue weighted by atomic mass is 16.2. The Labute approximate surface area is 61.0 Å². The highest BCUT2D eigenvalue weighted by Crippen LogP contribution is 2.08. The number of aromatic nitrogens is 2. The minimum absolute atomic E-state index is 0.398. The molecule has 1 aliphatic heterocycles. The van der Waals surface area contributed by atoms with Crippen molar-refractivity contribution in [3.8, 4) is 0 Å². The molecular formula is C6H5N3O2. The molecule has 0 fully saturated rings. The zero-order chi connectivity index (χ0) is 7.84. The quantitative estimate of drug-likeness (QED) is 0.530. The number of rotatable bonds is 0. The van der Waals surface area contributed by atoms with Crippen LogP contribution in [0.4, 0.5) is 5.82 Å². The average molecular weight is 151 g/mol. The van der Waals surface area contributed by atoms with E-state index in [0.717, 1.165) is 0 Å². The summed E-state index contributed by atoms with van der Waals surface area (Å²) in [6.07, 6.45) is 1.59. The van der Waals surface area contributed by atoms with Crippen molar-refractivity contribution < 1.29 is 0 Å². The number of aromatic amines is 1. The van der Waals surface area contributed by atoms with E-state index in [0.29, 0.717) is 12.4 Å². The Hall–Kier alpha value is -1.65. The van der Waals surface area contributed by atoms with Crippen molar-refractivity contribution >= 4 is 12.0 Å². The van der Waals surface area contributed by atoms with Crippen LogP contribution in [0.25, 0.3) is 0 Å². The fourth-order valence-corrected chi connectivity index (χ4v) is 1.01. The molecule has 0 spiro atoms. The molecule has 0 saturated carbocycles. The monoisotopic (exact) mass is 151 g/mol. The van der Waals surface area contributed by atoms with Gasteiger partial charge in [0.2, 0.25) is 0 Å². The minimum atomic E-state index is -0.402. The first-order valence-electron chi connectivity index (χ1n) is 3.14. The molecule has 2 heterocycles. The molecule has 1 aliphatic rings. The predicted octanol–water partition coefficient (Wildman–Crippen LogP) is -0.748. The minimum Gasteiger partial charge on any atom is -0.274 e. The topological polar surface area (TPSA) is 67.2 Å². The van der Waals surface area contributed by atoms with Crippen molar-refractivity contribution in [2.75, 3.05) is 0 Å². The standard InChI is InChI=1S/C6H5N3O2/c10-5-3-4-7-1-2-9(4)6(11)8-5/h1,3H,2H2,(H,8,10,11). The number of hydrogen-bond donors (Lipinski definition) is 1. The lowest BCUT2D eigenvalue weighted by Gasteiger charge is -1.96. The lowest BCUT2D eigenvalue weighted by molar-refractivity contribution is 0.793. The summed E-state index contributed by atoms with van der Waals surface area (Å²) in [6.45, 7) is 0.449. The van der Waals surface area contributed by atoms with Crippen LogP contribution in [0.5, 0.6) is 0 Å². The van der Waals surface area contributed by atoms with Crippen molar-refractivity contribution in [1.29, 1.82) is 0 Å². The van der Waals surface area contributed by atoms with Gasteiger partial charge in [-0.15, -0.1) is 0 Å². The molecule has 0 saturated heterocycles. The van der Waals surface area contributed by atoms with Gasteiger partial charge in [-0.3, -0.25) is 14.3 Å². The fourth-order valence-electron chi connectivity index (χ4n) is 1.01. The highest BCUT2D eigenvalue weighted by molar-refractivity contribution is 5.66. The first-order valence-corrected chi connectivity index (χ1v) is 3.14. The molecule has 0 unspecified atom stereocenters. The van der Waals surface area contributed by atoms with E-state index in [9.17, 15) is 9.59 Å². The molecule has 0 atom stereocenters. The molecule has 0 aromatic carbocycles. The highest BCUT2D eigenvalue weighted by Gasteiger charge is 2.06. The van der Waals surface area contributed by atoms with Crippen molar-refractivity contribution in [1.82, 2.24) is 9.55 Å². The lowest BCUT2D eigenvalue weighted by Crippen LogP contribution is -2.27. The van der Waals surface area contributed by atoms with E-state index in [1.54, 1.807) is 6.21 Å². The summed E-state index contributed by atoms with van der Waals surface area (Å²) < 4.78 is 1.39. The number of aliphatic imine (C=N–C) groups is 1. The van der Waals surface area contributed by atoms with Crippen LogP contribution >= 0.6 is 0 Å². The molecule has 1 N–H and O–H groups in total. The number of fused-ring (bicyclic) bond motifs is 1. The van der Waals surface area contributed by atoms with Crippen LogP contribution in [-0.4, -0.2) is 15.8 Å². The van der Waals surface area contributed by atoms with Crippen molar-refractivity contribution in [2.45, 2.75) is 6.54 Å². The molecular weight excluding hydrogens is 146 g/mol. The van der Waals surface area contributed by atoms with Crippen LogP contribution < -0.4 is 11.2 Å². The predicted molar refractivity (Wildman–Crippen MR) is 39.5 cm³/mol. The van der Waals surface area contributed by atoms with Crippen LogP contribution in [0.3, 0.4) is 0 Å². The van der Waals surface area contributed by atoms with E-state index in [1.807, 2.05) is 0 Å². The van der Waals surface area contributed by atoms with Gasteiger partial charge in [0.1, 0.15) is 5.82 Å². The second-order valence-electron chi connectivity index (χ2n) is 2.22. The third kappa shape index (κ3) is 0.813. The van der Waals surface area contributed by atoms with Gasteiger partial charge in [-0.25, -0.2) is 9.79 Å². The van der Waals surface area contributed by atoms with E-state index in [-0.39, 0.29) is 0 Å². The maximum absolute atomic E-state index is 11.0. The maximum Gasteiger partial charge on any atom is 0.330 e. The first kappa shape index (κ1) is 6.09. The molecule has 0 amide bonds. The smallest absolute Gasteiger partial charge is 0.274 e. The normalized spacial score (nSPS) is 13.5. The summed E-state index contributed by atoms with van der Waals surface area (Å²) in [4.78, 5) is 27.6. The van der Waals surface area contributed by atoms with E-state index in [4.69, 9.17) is 0 Å².